The second-order valence-corrected chi connectivity index (χ2v) is 5.16. The smallest absolute Gasteiger partial charge is 0.320 e. The minimum Gasteiger partial charge on any atom is -0.481 e. The molecule has 0 aliphatic carbocycles. The topological polar surface area (TPSA) is 73.7 Å². The van der Waals surface area contributed by atoms with Gasteiger partial charge in [-0.2, -0.15) is 0 Å². The van der Waals surface area contributed by atoms with Crippen molar-refractivity contribution in [2.75, 3.05) is 20.1 Å². The van der Waals surface area contributed by atoms with E-state index in [1.54, 1.807) is 17.5 Å². The van der Waals surface area contributed by atoms with E-state index in [0.29, 0.717) is 13.1 Å². The molecule has 0 aromatic carbocycles. The van der Waals surface area contributed by atoms with E-state index in [-0.39, 0.29) is 19.0 Å². The van der Waals surface area contributed by atoms with Crippen LogP contribution in [0.2, 0.25) is 0 Å². The lowest BCUT2D eigenvalue weighted by Crippen LogP contribution is -2.41. The number of rotatable bonds is 6. The van der Waals surface area contributed by atoms with Gasteiger partial charge in [-0.15, -0.1) is 11.3 Å². The highest BCUT2D eigenvalue weighted by molar-refractivity contribution is 7.09. The minimum absolute atomic E-state index is 0.0347. The SMILES string of the molecule is CCN(CCC(=O)O)C(=O)N(C)Cc1scnc1C. The van der Waals surface area contributed by atoms with Crippen LogP contribution in [0.25, 0.3) is 0 Å². The van der Waals surface area contributed by atoms with Gasteiger partial charge in [0, 0.05) is 25.0 Å². The quantitative estimate of drug-likeness (QED) is 0.865. The average molecular weight is 285 g/mol. The molecule has 0 aliphatic rings. The molecule has 1 heterocycles. The van der Waals surface area contributed by atoms with Gasteiger partial charge in [0.05, 0.1) is 24.2 Å². The Labute approximate surface area is 116 Å². The number of urea groups is 1. The number of thiazole rings is 1. The predicted octanol–water partition coefficient (Wildman–Crippen LogP) is 1.80. The van der Waals surface area contributed by atoms with Crippen LogP contribution in [0, 0.1) is 6.92 Å². The Morgan fingerprint density at radius 2 is 2.16 bits per heavy atom. The van der Waals surface area contributed by atoms with Gasteiger partial charge in [0.15, 0.2) is 0 Å². The van der Waals surface area contributed by atoms with Crippen molar-refractivity contribution in [2.45, 2.75) is 26.8 Å². The second-order valence-electron chi connectivity index (χ2n) is 4.22. The Balaban J connectivity index is 2.59. The summed E-state index contributed by atoms with van der Waals surface area (Å²) in [5.74, 6) is -0.896. The van der Waals surface area contributed by atoms with Gasteiger partial charge in [0.2, 0.25) is 0 Å². The number of nitrogens with zero attached hydrogens (tertiary/aromatic N) is 3. The monoisotopic (exact) mass is 285 g/mol. The van der Waals surface area contributed by atoms with Crippen LogP contribution in [0.15, 0.2) is 5.51 Å². The van der Waals surface area contributed by atoms with Crippen molar-refractivity contribution in [1.29, 1.82) is 0 Å². The molecule has 1 rings (SSSR count). The molecule has 1 aromatic rings. The van der Waals surface area contributed by atoms with Crippen molar-refractivity contribution in [3.8, 4) is 0 Å². The van der Waals surface area contributed by atoms with E-state index in [0.717, 1.165) is 10.6 Å². The summed E-state index contributed by atoms with van der Waals surface area (Å²) in [7, 11) is 1.71. The normalized spacial score (nSPS) is 10.3. The number of aryl methyl sites for hydroxylation is 1. The number of hydrogen-bond donors (Lipinski definition) is 1. The maximum absolute atomic E-state index is 12.2. The zero-order chi connectivity index (χ0) is 14.4. The Hall–Kier alpha value is -1.63. The summed E-state index contributed by atoms with van der Waals surface area (Å²) in [5.41, 5.74) is 2.68. The molecule has 1 N–H and O–H groups in total. The van der Waals surface area contributed by atoms with Gasteiger partial charge in [-0.1, -0.05) is 0 Å². The van der Waals surface area contributed by atoms with Crippen molar-refractivity contribution < 1.29 is 14.7 Å². The van der Waals surface area contributed by atoms with Crippen molar-refractivity contribution in [3.63, 3.8) is 0 Å². The fourth-order valence-electron chi connectivity index (χ4n) is 1.62. The van der Waals surface area contributed by atoms with Crippen molar-refractivity contribution in [1.82, 2.24) is 14.8 Å². The molecule has 0 saturated carbocycles. The number of carboxylic acids is 1. The molecule has 19 heavy (non-hydrogen) atoms. The predicted molar refractivity (Wildman–Crippen MR) is 73.2 cm³/mol. The van der Waals surface area contributed by atoms with Crippen molar-refractivity contribution in [2.24, 2.45) is 0 Å². The van der Waals surface area contributed by atoms with Crippen molar-refractivity contribution in [3.05, 3.63) is 16.1 Å². The van der Waals surface area contributed by atoms with E-state index >= 15 is 0 Å². The number of amides is 2. The Bertz CT molecular complexity index is 447. The summed E-state index contributed by atoms with van der Waals surface area (Å²) in [6, 6.07) is -0.156. The molecular weight excluding hydrogens is 266 g/mol. The van der Waals surface area contributed by atoms with Crippen LogP contribution < -0.4 is 0 Å². The first-order valence-corrected chi connectivity index (χ1v) is 6.94. The Morgan fingerprint density at radius 1 is 1.47 bits per heavy atom. The highest BCUT2D eigenvalue weighted by Gasteiger charge is 2.18. The minimum atomic E-state index is -0.896. The third-order valence-corrected chi connectivity index (χ3v) is 3.72. The average Bonchev–Trinajstić information content (AvgIpc) is 2.75. The fraction of sp³-hybridized carbons (Fsp3) is 0.583. The highest BCUT2D eigenvalue weighted by Crippen LogP contribution is 2.15. The number of carbonyl (C=O) groups excluding carboxylic acids is 1. The van der Waals surface area contributed by atoms with E-state index < -0.39 is 5.97 Å². The lowest BCUT2D eigenvalue weighted by Gasteiger charge is -2.26. The maximum Gasteiger partial charge on any atom is 0.320 e. The van der Waals surface area contributed by atoms with E-state index in [2.05, 4.69) is 4.98 Å². The summed E-state index contributed by atoms with van der Waals surface area (Å²) < 4.78 is 0. The summed E-state index contributed by atoms with van der Waals surface area (Å²) in [6.45, 7) is 4.98. The van der Waals surface area contributed by atoms with Gasteiger partial charge in [-0.25, -0.2) is 9.78 Å². The lowest BCUT2D eigenvalue weighted by atomic mass is 10.3. The van der Waals surface area contributed by atoms with E-state index in [4.69, 9.17) is 5.11 Å². The van der Waals surface area contributed by atoms with Gasteiger partial charge >= 0.3 is 12.0 Å². The molecule has 1 aromatic heterocycles. The first-order valence-electron chi connectivity index (χ1n) is 6.06. The summed E-state index contributed by atoms with van der Waals surface area (Å²) in [5, 5.41) is 8.66. The molecule has 0 aliphatic heterocycles. The standard InChI is InChI=1S/C12H19N3O3S/c1-4-15(6-5-11(16)17)12(18)14(3)7-10-9(2)13-8-19-10/h8H,4-7H2,1-3H3,(H,16,17). The molecule has 2 amide bonds. The Morgan fingerprint density at radius 3 is 2.63 bits per heavy atom. The lowest BCUT2D eigenvalue weighted by molar-refractivity contribution is -0.137. The van der Waals surface area contributed by atoms with Gasteiger partial charge in [-0.3, -0.25) is 4.79 Å². The Kier molecular flexibility index (Phi) is 5.75. The van der Waals surface area contributed by atoms with Crippen LogP contribution in [0.5, 0.6) is 0 Å². The number of carbonyl (C=O) groups is 2. The van der Waals surface area contributed by atoms with Crippen LogP contribution >= 0.6 is 11.3 Å². The maximum atomic E-state index is 12.2. The third-order valence-electron chi connectivity index (χ3n) is 2.80. The first kappa shape index (κ1) is 15.4. The van der Waals surface area contributed by atoms with Crippen LogP contribution in [-0.4, -0.2) is 52.0 Å². The zero-order valence-corrected chi connectivity index (χ0v) is 12.2. The molecular formula is C12H19N3O3S. The second kappa shape index (κ2) is 7.08. The molecule has 7 heteroatoms. The molecule has 6 nitrogen and oxygen atoms in total. The van der Waals surface area contributed by atoms with Gasteiger partial charge in [0.1, 0.15) is 0 Å². The number of carboxylic acid groups (broad SMARTS) is 1. The summed E-state index contributed by atoms with van der Waals surface area (Å²) in [6.07, 6.45) is -0.0347. The van der Waals surface area contributed by atoms with Gasteiger partial charge < -0.3 is 14.9 Å². The van der Waals surface area contributed by atoms with Crippen LogP contribution in [0.4, 0.5) is 4.79 Å². The number of aliphatic carboxylic acids is 1. The van der Waals surface area contributed by atoms with E-state index in [1.165, 1.54) is 16.2 Å². The highest BCUT2D eigenvalue weighted by atomic mass is 32.1. The molecule has 0 spiro atoms. The molecule has 0 saturated heterocycles. The molecule has 0 fully saturated rings. The number of aromatic nitrogens is 1. The van der Waals surface area contributed by atoms with Gasteiger partial charge in [-0.05, 0) is 13.8 Å². The van der Waals surface area contributed by atoms with Crippen molar-refractivity contribution >= 4 is 23.3 Å². The van der Waals surface area contributed by atoms with E-state index in [1.807, 2.05) is 13.8 Å². The number of hydrogen-bond acceptors (Lipinski definition) is 4. The fourth-order valence-corrected chi connectivity index (χ4v) is 2.45. The summed E-state index contributed by atoms with van der Waals surface area (Å²) in [4.78, 5) is 31.0. The molecule has 106 valence electrons. The third kappa shape index (κ3) is 4.51. The van der Waals surface area contributed by atoms with Crippen LogP contribution in [0.1, 0.15) is 23.9 Å². The molecule has 0 radical (unpaired) electrons. The van der Waals surface area contributed by atoms with Crippen LogP contribution in [0.3, 0.4) is 0 Å². The molecule has 0 atom stereocenters. The largest absolute Gasteiger partial charge is 0.481 e. The first-order chi connectivity index (χ1) is 8.95. The summed E-state index contributed by atoms with van der Waals surface area (Å²) >= 11 is 1.52. The zero-order valence-electron chi connectivity index (χ0n) is 11.4. The molecule has 0 unspecified atom stereocenters. The van der Waals surface area contributed by atoms with Gasteiger partial charge in [0.25, 0.3) is 0 Å². The van der Waals surface area contributed by atoms with E-state index in [9.17, 15) is 9.59 Å². The molecule has 0 bridgehead atoms. The van der Waals surface area contributed by atoms with Crippen LogP contribution in [-0.2, 0) is 11.3 Å².